The predicted molar refractivity (Wildman–Crippen MR) is 204 cm³/mol. The first kappa shape index (κ1) is 47.8. The second-order valence-corrected chi connectivity index (χ2v) is 16.1. The van der Waals surface area contributed by atoms with Crippen LogP contribution < -0.4 is 0 Å². The Morgan fingerprint density at radius 3 is 0.729 bits per heavy atom. The third-order valence-corrected chi connectivity index (χ3v) is 8.81. The van der Waals surface area contributed by atoms with Crippen molar-refractivity contribution in [3.8, 4) is 0 Å². The van der Waals surface area contributed by atoms with Crippen LogP contribution in [0.3, 0.4) is 0 Å². The van der Waals surface area contributed by atoms with Crippen molar-refractivity contribution in [2.45, 2.75) is 255 Å². The van der Waals surface area contributed by atoms with Crippen molar-refractivity contribution in [3.63, 3.8) is 0 Å². The molecule has 0 aromatic rings. The topological polar surface area (TPSA) is 55.4 Å². The fraction of sp³-hybridized carbons (Fsp3) is 1.00. The van der Waals surface area contributed by atoms with E-state index in [0.29, 0.717) is 0 Å². The van der Waals surface area contributed by atoms with Gasteiger partial charge in [-0.1, -0.05) is 111 Å². The molecule has 2 unspecified atom stereocenters. The van der Waals surface area contributed by atoms with E-state index in [-0.39, 0.29) is 54.4 Å². The Morgan fingerprint density at radius 2 is 0.521 bits per heavy atom. The molecule has 0 heterocycles. The highest BCUT2D eigenvalue weighted by Gasteiger charge is 2.55. The number of ether oxygens (including phenoxy) is 6. The van der Waals surface area contributed by atoms with Crippen LogP contribution in [-0.4, -0.2) is 48.6 Å². The summed E-state index contributed by atoms with van der Waals surface area (Å²) in [6.45, 7) is 32.0. The number of rotatable bonds is 32. The number of hydrogen-bond donors (Lipinski definition) is 0. The Morgan fingerprint density at radius 1 is 0.312 bits per heavy atom. The monoisotopic (exact) mass is 687 g/mol. The van der Waals surface area contributed by atoms with Gasteiger partial charge in [-0.15, -0.1) is 0 Å². The van der Waals surface area contributed by atoms with Crippen LogP contribution >= 0.6 is 0 Å². The molecule has 48 heavy (non-hydrogen) atoms. The molecule has 290 valence electrons. The van der Waals surface area contributed by atoms with Crippen molar-refractivity contribution in [3.05, 3.63) is 0 Å². The maximum atomic E-state index is 6.87. The van der Waals surface area contributed by atoms with Gasteiger partial charge in [0.15, 0.2) is 0 Å². The van der Waals surface area contributed by atoms with Crippen molar-refractivity contribution < 1.29 is 28.4 Å². The van der Waals surface area contributed by atoms with Gasteiger partial charge in [0.25, 0.3) is 11.9 Å². The van der Waals surface area contributed by atoms with Gasteiger partial charge < -0.3 is 28.4 Å². The Bertz CT molecular complexity index is 621. The Hall–Kier alpha value is -0.240. The molecule has 0 aliphatic heterocycles. The SMILES string of the molecule is CCCCCCCCCC(C(C)C(CCCCCCCCC)C(OC(C)C)(OC(C)C)OC(C)C)C(OC(C)C)(OC(C)C)OC(C)C. The van der Waals surface area contributed by atoms with Gasteiger partial charge in [-0.25, -0.2) is 0 Å². The van der Waals surface area contributed by atoms with E-state index < -0.39 is 11.9 Å². The average Bonchev–Trinajstić information content (AvgIpc) is 2.93. The van der Waals surface area contributed by atoms with Crippen LogP contribution in [0.1, 0.15) is 207 Å². The van der Waals surface area contributed by atoms with Gasteiger partial charge in [0.1, 0.15) is 0 Å². The maximum Gasteiger partial charge on any atom is 0.286 e. The highest BCUT2D eigenvalue weighted by Crippen LogP contribution is 2.47. The fourth-order valence-electron chi connectivity index (χ4n) is 7.11. The molecule has 0 fully saturated rings. The molecule has 0 aromatic heterocycles. The minimum atomic E-state index is -1.21. The lowest BCUT2D eigenvalue weighted by molar-refractivity contribution is -0.459. The summed E-state index contributed by atoms with van der Waals surface area (Å²) in [5.74, 6) is -2.53. The van der Waals surface area contributed by atoms with Crippen LogP contribution in [0, 0.1) is 17.8 Å². The molecule has 0 spiro atoms. The molecule has 6 nitrogen and oxygen atoms in total. The van der Waals surface area contributed by atoms with Gasteiger partial charge in [0, 0.05) is 11.8 Å². The standard InChI is InChI=1S/C42H86O6/c1-16-18-20-22-24-26-28-30-39(41(43-32(3)4,44-33(5)6)45-34(7)8)38(15)40(31-29-27-25-23-21-19-17-2)42(46-35(9)10,47-36(11)12)48-37(13)14/h32-40H,16-31H2,1-15H3. The van der Waals surface area contributed by atoms with E-state index in [1.54, 1.807) is 0 Å². The molecule has 0 saturated heterocycles. The number of unbranched alkanes of at least 4 members (excludes halogenated alkanes) is 12. The van der Waals surface area contributed by atoms with E-state index in [0.717, 1.165) is 25.7 Å². The van der Waals surface area contributed by atoms with Gasteiger partial charge in [0.2, 0.25) is 0 Å². The van der Waals surface area contributed by atoms with Crippen molar-refractivity contribution in [2.75, 3.05) is 0 Å². The zero-order valence-corrected chi connectivity index (χ0v) is 35.0. The highest BCUT2D eigenvalue weighted by molar-refractivity contribution is 4.88. The molecule has 0 aliphatic carbocycles. The molecule has 2 atom stereocenters. The van der Waals surface area contributed by atoms with Gasteiger partial charge >= 0.3 is 0 Å². The molecular formula is C42H86O6. The first-order chi connectivity index (χ1) is 22.6. The molecule has 0 N–H and O–H groups in total. The normalized spacial score (nSPS) is 15.2. The zero-order chi connectivity index (χ0) is 36.8. The van der Waals surface area contributed by atoms with Gasteiger partial charge in [0.05, 0.1) is 36.6 Å². The van der Waals surface area contributed by atoms with E-state index in [4.69, 9.17) is 28.4 Å². The van der Waals surface area contributed by atoms with Crippen molar-refractivity contribution in [2.24, 2.45) is 17.8 Å². The fourth-order valence-corrected chi connectivity index (χ4v) is 7.11. The summed E-state index contributed by atoms with van der Waals surface area (Å²) in [4.78, 5) is 0. The summed E-state index contributed by atoms with van der Waals surface area (Å²) in [5, 5.41) is 0. The third-order valence-electron chi connectivity index (χ3n) is 8.81. The Labute approximate surface area is 300 Å². The van der Waals surface area contributed by atoms with E-state index in [1.165, 1.54) is 77.0 Å². The summed E-state index contributed by atoms with van der Waals surface area (Å²) in [6, 6.07) is 0. The van der Waals surface area contributed by atoms with Crippen LogP contribution in [0.5, 0.6) is 0 Å². The lowest BCUT2D eigenvalue weighted by Gasteiger charge is -2.50. The van der Waals surface area contributed by atoms with Crippen LogP contribution in [0.2, 0.25) is 0 Å². The van der Waals surface area contributed by atoms with Crippen molar-refractivity contribution in [1.29, 1.82) is 0 Å². The first-order valence-corrected chi connectivity index (χ1v) is 20.6. The molecule has 0 rings (SSSR count). The van der Waals surface area contributed by atoms with E-state index in [2.05, 4.69) is 104 Å². The van der Waals surface area contributed by atoms with E-state index in [1.807, 2.05) is 0 Å². The van der Waals surface area contributed by atoms with Gasteiger partial charge in [-0.05, 0) is 102 Å². The van der Waals surface area contributed by atoms with E-state index in [9.17, 15) is 0 Å². The average molecular weight is 687 g/mol. The summed E-state index contributed by atoms with van der Waals surface area (Å²) < 4.78 is 41.2. The molecular weight excluding hydrogens is 600 g/mol. The van der Waals surface area contributed by atoms with Crippen LogP contribution in [0.4, 0.5) is 0 Å². The van der Waals surface area contributed by atoms with Crippen LogP contribution in [-0.2, 0) is 28.4 Å². The van der Waals surface area contributed by atoms with Crippen molar-refractivity contribution >= 4 is 0 Å². The lowest BCUT2D eigenvalue weighted by atomic mass is 9.74. The first-order valence-electron chi connectivity index (χ1n) is 20.6. The third kappa shape index (κ3) is 20.0. The van der Waals surface area contributed by atoms with Crippen molar-refractivity contribution in [1.82, 2.24) is 0 Å². The summed E-state index contributed by atoms with van der Waals surface area (Å²) >= 11 is 0. The van der Waals surface area contributed by atoms with Crippen LogP contribution in [0.25, 0.3) is 0 Å². The zero-order valence-electron chi connectivity index (χ0n) is 35.0. The molecule has 0 bridgehead atoms. The van der Waals surface area contributed by atoms with Crippen LogP contribution in [0.15, 0.2) is 0 Å². The number of hydrogen-bond acceptors (Lipinski definition) is 6. The highest BCUT2D eigenvalue weighted by atomic mass is 16.9. The van der Waals surface area contributed by atoms with E-state index >= 15 is 0 Å². The molecule has 0 amide bonds. The molecule has 0 radical (unpaired) electrons. The minimum absolute atomic E-state index is 0.0395. The lowest BCUT2D eigenvalue weighted by Crippen LogP contribution is -2.58. The summed E-state index contributed by atoms with van der Waals surface area (Å²) in [7, 11) is 0. The largest absolute Gasteiger partial charge is 0.324 e. The Balaban J connectivity index is 7.11. The predicted octanol–water partition coefficient (Wildman–Crippen LogP) is 13.0. The molecule has 0 aliphatic rings. The minimum Gasteiger partial charge on any atom is -0.324 e. The molecule has 0 saturated carbocycles. The molecule has 6 heteroatoms. The smallest absolute Gasteiger partial charge is 0.286 e. The van der Waals surface area contributed by atoms with Gasteiger partial charge in [-0.3, -0.25) is 0 Å². The summed E-state index contributed by atoms with van der Waals surface area (Å²) in [6.07, 6.45) is 18.8. The Kier molecular flexibility index (Phi) is 26.4. The quantitative estimate of drug-likeness (QED) is 0.0518. The molecule has 0 aromatic carbocycles. The second-order valence-electron chi connectivity index (χ2n) is 16.1. The second kappa shape index (κ2) is 26.5. The van der Waals surface area contributed by atoms with Gasteiger partial charge in [-0.2, -0.15) is 0 Å². The summed E-state index contributed by atoms with van der Waals surface area (Å²) in [5.41, 5.74) is 0. The maximum absolute atomic E-state index is 6.87.